The molecule has 0 radical (unpaired) electrons. The van der Waals surface area contributed by atoms with E-state index in [1.807, 2.05) is 212 Å². The zero-order valence-corrected chi connectivity index (χ0v) is 51.8. The van der Waals surface area contributed by atoms with Crippen molar-refractivity contribution in [3.05, 3.63) is 310 Å². The highest BCUT2D eigenvalue weighted by Gasteiger charge is 2.54. The summed E-state index contributed by atoms with van der Waals surface area (Å²) in [5.74, 6) is -0.351. The fourth-order valence-corrected chi connectivity index (χ4v) is 11.1. The van der Waals surface area contributed by atoms with Gasteiger partial charge in [-0.25, -0.2) is 4.79 Å². The quantitative estimate of drug-likeness (QED) is 0.0471. The Bertz CT molecular complexity index is 4300. The summed E-state index contributed by atoms with van der Waals surface area (Å²) >= 11 is 0. The third-order valence-electron chi connectivity index (χ3n) is 15.7. The van der Waals surface area contributed by atoms with Crippen molar-refractivity contribution in [3.8, 4) is 57.3 Å². The van der Waals surface area contributed by atoms with Gasteiger partial charge in [0.2, 0.25) is 23.2 Å². The van der Waals surface area contributed by atoms with E-state index in [1.54, 1.807) is 56.3 Å². The summed E-state index contributed by atoms with van der Waals surface area (Å²) in [6.07, 6.45) is -4.68. The molecule has 0 aliphatic carbocycles. The van der Waals surface area contributed by atoms with E-state index in [2.05, 4.69) is 0 Å². The van der Waals surface area contributed by atoms with Crippen LogP contribution in [0.15, 0.2) is 264 Å². The SMILES string of the molecule is CC1(C)O[C@@H]2[C@@H](OC(=O)c3cc(OCc4ccccc4)c(OCc4ccccc4)c(OCc4ccccc4)c3)[C@H](Oc3c(-c4ccc(OCc5ccccc5)c(OCc5ccccc5)c4)oc4cc(OCc5ccccc5)cc(OCc5ccccc5)c4c3=O)OC[C@@H]2O1. The zero-order chi connectivity index (χ0) is 64.1. The molecule has 0 bridgehead atoms. The van der Waals surface area contributed by atoms with Crippen molar-refractivity contribution in [2.45, 2.75) is 90.5 Å². The van der Waals surface area contributed by atoms with E-state index in [0.717, 1.165) is 38.9 Å². The number of benzene rings is 10. The second-order valence-corrected chi connectivity index (χ2v) is 23.1. The molecule has 2 aliphatic heterocycles. The third-order valence-corrected chi connectivity index (χ3v) is 15.7. The molecule has 474 valence electrons. The monoisotopic (exact) mass is 1260 g/mol. The molecule has 3 heterocycles. The molecule has 11 aromatic rings. The molecule has 0 saturated carbocycles. The number of ether oxygens (including phenoxy) is 12. The van der Waals surface area contributed by atoms with Crippen LogP contribution in [0.3, 0.4) is 0 Å². The molecular weight excluding hydrogens is 1190 g/mol. The molecule has 94 heavy (non-hydrogen) atoms. The number of rotatable bonds is 26. The molecule has 0 spiro atoms. The molecule has 2 saturated heterocycles. The van der Waals surface area contributed by atoms with Gasteiger partial charge in [0.25, 0.3) is 0 Å². The summed E-state index contributed by atoms with van der Waals surface area (Å²) in [6, 6.07) is 79.5. The zero-order valence-electron chi connectivity index (χ0n) is 51.8. The van der Waals surface area contributed by atoms with Gasteiger partial charge in [0, 0.05) is 17.7 Å². The maximum absolute atomic E-state index is 16.1. The van der Waals surface area contributed by atoms with Crippen LogP contribution in [0.5, 0.6) is 46.0 Å². The van der Waals surface area contributed by atoms with Gasteiger partial charge in [-0.2, -0.15) is 0 Å². The van der Waals surface area contributed by atoms with Gasteiger partial charge in [0.15, 0.2) is 40.6 Å². The highest BCUT2D eigenvalue weighted by Crippen LogP contribution is 2.45. The number of carbonyl (C=O) groups is 1. The predicted octanol–water partition coefficient (Wildman–Crippen LogP) is 16.0. The van der Waals surface area contributed by atoms with E-state index < -0.39 is 41.8 Å². The van der Waals surface area contributed by atoms with Crippen LogP contribution < -0.4 is 43.3 Å². The first kappa shape index (κ1) is 62.0. The number of fused-ring (bicyclic) bond motifs is 2. The maximum Gasteiger partial charge on any atom is 0.339 e. The minimum absolute atomic E-state index is 0.0304. The Morgan fingerprint density at radius 1 is 0.436 bits per heavy atom. The average molecular weight is 1260 g/mol. The Morgan fingerprint density at radius 3 is 1.34 bits per heavy atom. The van der Waals surface area contributed by atoms with Crippen LogP contribution in [0, 0.1) is 0 Å². The van der Waals surface area contributed by atoms with Crippen LogP contribution in [0.2, 0.25) is 0 Å². The molecule has 0 amide bonds. The van der Waals surface area contributed by atoms with Gasteiger partial charge < -0.3 is 61.3 Å². The number of esters is 1. The maximum atomic E-state index is 16.1. The summed E-state index contributed by atoms with van der Waals surface area (Å²) < 4.78 is 86.1. The van der Waals surface area contributed by atoms with Crippen molar-refractivity contribution in [2.24, 2.45) is 0 Å². The van der Waals surface area contributed by atoms with Gasteiger partial charge in [-0.1, -0.05) is 212 Å². The fraction of sp³-hybridized carbons (Fsp3) is 0.190. The Kier molecular flexibility index (Phi) is 19.3. The highest BCUT2D eigenvalue weighted by atomic mass is 16.8. The van der Waals surface area contributed by atoms with Gasteiger partial charge >= 0.3 is 5.97 Å². The summed E-state index contributed by atoms with van der Waals surface area (Å²) in [4.78, 5) is 31.5. The van der Waals surface area contributed by atoms with Crippen molar-refractivity contribution in [1.82, 2.24) is 0 Å². The lowest BCUT2D eigenvalue weighted by Crippen LogP contribution is -2.55. The van der Waals surface area contributed by atoms with Crippen molar-refractivity contribution < 1.29 is 66.1 Å². The van der Waals surface area contributed by atoms with E-state index in [4.69, 9.17) is 61.3 Å². The Morgan fingerprint density at radius 2 is 0.862 bits per heavy atom. The minimum atomic E-state index is -1.54. The summed E-state index contributed by atoms with van der Waals surface area (Å²) in [5, 5.41) is 0.0366. The van der Waals surface area contributed by atoms with Crippen LogP contribution in [0.4, 0.5) is 0 Å². The summed E-state index contributed by atoms with van der Waals surface area (Å²) in [6.45, 7) is 4.54. The van der Waals surface area contributed by atoms with Gasteiger partial charge in [-0.05, 0) is 83.1 Å². The molecule has 10 aromatic carbocycles. The number of hydrogen-bond donors (Lipinski definition) is 0. The fourth-order valence-electron chi connectivity index (χ4n) is 11.1. The molecule has 2 aliphatic rings. The first-order valence-electron chi connectivity index (χ1n) is 31.1. The van der Waals surface area contributed by atoms with Gasteiger partial charge in [-0.15, -0.1) is 0 Å². The molecule has 4 atom stereocenters. The van der Waals surface area contributed by atoms with E-state index in [9.17, 15) is 0 Å². The average Bonchev–Trinajstić information content (AvgIpc) is 1.12. The standard InChI is InChI=1S/C79H68O15/c1-79(2)93-69-52-89-78(76(74(69)94-79)91-77(81)61-41-67(86-49-57-32-18-7-19-33-57)73(88-51-59-36-22-9-23-37-59)68(42-61)87-50-58-34-20-8-21-35-58)92-75-71(80)70-65(85-48-56-30-16-6-17-31-56)43-62(82-45-53-24-10-3-11-25-53)44-66(70)90-72(75)60-38-39-63(83-46-54-26-12-4-13-27-54)64(40-60)84-47-55-28-14-5-15-29-55/h3-44,69,74,76,78H,45-52H2,1-2H3/t69-,74-,76+,78-/m0/s1. The number of hydrogen-bond acceptors (Lipinski definition) is 15. The van der Waals surface area contributed by atoms with Crippen molar-refractivity contribution >= 4 is 16.9 Å². The van der Waals surface area contributed by atoms with Gasteiger partial charge in [0.05, 0.1) is 12.2 Å². The normalized spacial score (nSPS) is 16.3. The van der Waals surface area contributed by atoms with Crippen molar-refractivity contribution in [2.75, 3.05) is 6.61 Å². The van der Waals surface area contributed by atoms with Crippen LogP contribution in [-0.2, 0) is 65.2 Å². The lowest BCUT2D eigenvalue weighted by Gasteiger charge is -2.37. The van der Waals surface area contributed by atoms with E-state index in [1.165, 1.54) is 0 Å². The second-order valence-electron chi connectivity index (χ2n) is 23.1. The minimum Gasteiger partial charge on any atom is -0.489 e. The Labute approximate surface area is 544 Å². The first-order valence-corrected chi connectivity index (χ1v) is 31.1. The van der Waals surface area contributed by atoms with E-state index in [0.29, 0.717) is 22.8 Å². The van der Waals surface area contributed by atoms with Crippen LogP contribution in [0.1, 0.15) is 63.1 Å². The predicted molar refractivity (Wildman–Crippen MR) is 353 cm³/mol. The Balaban J connectivity index is 0.921. The Hall–Kier alpha value is -10.8. The smallest absolute Gasteiger partial charge is 0.339 e. The summed E-state index contributed by atoms with van der Waals surface area (Å²) in [5.41, 5.74) is 6.11. The summed E-state index contributed by atoms with van der Waals surface area (Å²) in [7, 11) is 0. The van der Waals surface area contributed by atoms with Crippen molar-refractivity contribution in [1.29, 1.82) is 0 Å². The molecule has 13 rings (SSSR count). The molecule has 0 N–H and O–H groups in total. The van der Waals surface area contributed by atoms with Gasteiger partial charge in [-0.3, -0.25) is 4.79 Å². The van der Waals surface area contributed by atoms with Crippen LogP contribution in [-0.4, -0.2) is 43.0 Å². The topological polar surface area (TPSA) is 158 Å². The highest BCUT2D eigenvalue weighted by molar-refractivity contribution is 5.92. The van der Waals surface area contributed by atoms with Crippen LogP contribution >= 0.6 is 0 Å². The molecule has 15 nitrogen and oxygen atoms in total. The van der Waals surface area contributed by atoms with Crippen molar-refractivity contribution in [3.63, 3.8) is 0 Å². The largest absolute Gasteiger partial charge is 0.489 e. The lowest BCUT2D eigenvalue weighted by molar-refractivity contribution is -0.219. The van der Waals surface area contributed by atoms with Crippen LogP contribution in [0.25, 0.3) is 22.3 Å². The second kappa shape index (κ2) is 29.2. The van der Waals surface area contributed by atoms with Gasteiger partial charge in [0.1, 0.15) is 80.9 Å². The molecule has 0 unspecified atom stereocenters. The van der Waals surface area contributed by atoms with E-state index >= 15 is 9.59 Å². The molecule has 1 aromatic heterocycles. The lowest BCUT2D eigenvalue weighted by atomic mass is 10.0. The molecule has 2 fully saturated rings. The van der Waals surface area contributed by atoms with E-state index in [-0.39, 0.29) is 104 Å². The number of carbonyl (C=O) groups excluding carboxylic acids is 1. The third kappa shape index (κ3) is 15.4. The molecule has 15 heteroatoms. The molecular formula is C79H68O15. The first-order chi connectivity index (χ1) is 46.1.